The maximum absolute atomic E-state index is 12.2. The van der Waals surface area contributed by atoms with Crippen LogP contribution in [0.5, 0.6) is 0 Å². The van der Waals surface area contributed by atoms with Crippen molar-refractivity contribution in [3.8, 4) is 0 Å². The van der Waals surface area contributed by atoms with Crippen LogP contribution in [0.4, 0.5) is 5.69 Å². The van der Waals surface area contributed by atoms with Crippen molar-refractivity contribution in [1.82, 2.24) is 5.32 Å². The van der Waals surface area contributed by atoms with Crippen LogP contribution in [0.3, 0.4) is 0 Å². The molecule has 0 radical (unpaired) electrons. The van der Waals surface area contributed by atoms with Crippen molar-refractivity contribution in [1.29, 1.82) is 0 Å². The van der Waals surface area contributed by atoms with Gasteiger partial charge in [0.15, 0.2) is 0 Å². The van der Waals surface area contributed by atoms with E-state index >= 15 is 0 Å². The molecule has 0 heterocycles. The molecule has 0 aromatic heterocycles. The number of hydrogen-bond donors (Lipinski definition) is 1. The summed E-state index contributed by atoms with van der Waals surface area (Å²) in [6, 6.07) is 13.5. The molecule has 0 spiro atoms. The summed E-state index contributed by atoms with van der Waals surface area (Å²) in [4.78, 5) is 25.8. The minimum Gasteiger partial charge on any atom is -0.350 e. The van der Waals surface area contributed by atoms with Gasteiger partial charge in [-0.1, -0.05) is 23.8 Å². The Labute approximate surface area is 143 Å². The predicted molar refractivity (Wildman–Crippen MR) is 97.5 cm³/mol. The zero-order chi connectivity index (χ0) is 17.7. The first kappa shape index (κ1) is 17.7. The molecule has 24 heavy (non-hydrogen) atoms. The topological polar surface area (TPSA) is 49.4 Å². The molecule has 0 unspecified atom stereocenters. The number of nitrogens with zero attached hydrogens (tertiary/aromatic N) is 1. The predicted octanol–water partition coefficient (Wildman–Crippen LogP) is 3.39. The van der Waals surface area contributed by atoms with Crippen molar-refractivity contribution in [2.24, 2.45) is 0 Å². The monoisotopic (exact) mass is 324 g/mol. The summed E-state index contributed by atoms with van der Waals surface area (Å²) in [6.45, 7) is 8.35. The lowest BCUT2D eigenvalue weighted by Crippen LogP contribution is -2.37. The van der Waals surface area contributed by atoms with Gasteiger partial charge in [0.05, 0.1) is 0 Å². The molecule has 1 N–H and O–H groups in total. The van der Waals surface area contributed by atoms with Gasteiger partial charge in [0.25, 0.3) is 5.91 Å². The fourth-order valence-corrected chi connectivity index (χ4v) is 2.74. The van der Waals surface area contributed by atoms with Crippen molar-refractivity contribution in [3.63, 3.8) is 0 Å². The van der Waals surface area contributed by atoms with Crippen LogP contribution in [0, 0.1) is 20.8 Å². The summed E-state index contributed by atoms with van der Waals surface area (Å²) in [5.74, 6) is -0.160. The van der Waals surface area contributed by atoms with Gasteiger partial charge in [-0.2, -0.15) is 0 Å². The first-order valence-electron chi connectivity index (χ1n) is 8.08. The van der Waals surface area contributed by atoms with E-state index in [9.17, 15) is 9.59 Å². The second kappa shape index (κ2) is 7.77. The quantitative estimate of drug-likeness (QED) is 0.916. The molecule has 2 aromatic carbocycles. The van der Waals surface area contributed by atoms with Crippen LogP contribution in [0.2, 0.25) is 0 Å². The normalized spacial score (nSPS) is 10.3. The number of nitrogens with one attached hydrogen (secondary N) is 1. The third kappa shape index (κ3) is 4.69. The van der Waals surface area contributed by atoms with Gasteiger partial charge < -0.3 is 10.2 Å². The van der Waals surface area contributed by atoms with E-state index in [1.165, 1.54) is 0 Å². The smallest absolute Gasteiger partial charge is 0.251 e. The molecule has 0 aliphatic heterocycles. The first-order valence-corrected chi connectivity index (χ1v) is 8.08. The van der Waals surface area contributed by atoms with E-state index in [-0.39, 0.29) is 11.8 Å². The second-order valence-electron chi connectivity index (χ2n) is 6.14. The van der Waals surface area contributed by atoms with Crippen LogP contribution in [-0.4, -0.2) is 24.9 Å². The molecule has 0 bridgehead atoms. The van der Waals surface area contributed by atoms with E-state index < -0.39 is 0 Å². The fourth-order valence-electron chi connectivity index (χ4n) is 2.74. The Bertz CT molecular complexity index is 733. The Morgan fingerprint density at radius 2 is 1.62 bits per heavy atom. The van der Waals surface area contributed by atoms with Crippen LogP contribution < -0.4 is 10.2 Å². The number of amides is 2. The summed E-state index contributed by atoms with van der Waals surface area (Å²) in [5.41, 5.74) is 4.77. The van der Waals surface area contributed by atoms with Crippen LogP contribution >= 0.6 is 0 Å². The minimum atomic E-state index is -0.123. The number of aryl methyl sites for hydroxylation is 3. The molecular formula is C20H24N2O2. The SMILES string of the molecule is CC(=O)N(CCNC(=O)c1cccc(C)c1)c1cc(C)cc(C)c1. The number of anilines is 1. The highest BCUT2D eigenvalue weighted by Crippen LogP contribution is 2.18. The number of benzene rings is 2. The molecule has 0 saturated carbocycles. The molecule has 4 nitrogen and oxygen atoms in total. The number of rotatable bonds is 5. The summed E-state index contributed by atoms with van der Waals surface area (Å²) in [7, 11) is 0. The Balaban J connectivity index is 2.02. The third-order valence-corrected chi connectivity index (χ3v) is 3.80. The highest BCUT2D eigenvalue weighted by Gasteiger charge is 2.13. The van der Waals surface area contributed by atoms with Crippen LogP contribution in [0.15, 0.2) is 42.5 Å². The third-order valence-electron chi connectivity index (χ3n) is 3.80. The molecule has 0 aliphatic carbocycles. The zero-order valence-corrected chi connectivity index (χ0v) is 14.7. The van der Waals surface area contributed by atoms with E-state index in [1.807, 2.05) is 51.1 Å². The molecular weight excluding hydrogens is 300 g/mol. The Kier molecular flexibility index (Phi) is 5.74. The number of carbonyl (C=O) groups is 2. The van der Waals surface area contributed by atoms with Crippen molar-refractivity contribution < 1.29 is 9.59 Å². The fraction of sp³-hybridized carbons (Fsp3) is 0.300. The zero-order valence-electron chi connectivity index (χ0n) is 14.7. The molecule has 0 aliphatic rings. The van der Waals surface area contributed by atoms with E-state index in [1.54, 1.807) is 17.9 Å². The van der Waals surface area contributed by atoms with Gasteiger partial charge in [0.1, 0.15) is 0 Å². The molecule has 0 atom stereocenters. The van der Waals surface area contributed by atoms with E-state index in [4.69, 9.17) is 0 Å². The molecule has 2 aromatic rings. The lowest BCUT2D eigenvalue weighted by atomic mass is 10.1. The van der Waals surface area contributed by atoms with Gasteiger partial charge >= 0.3 is 0 Å². The van der Waals surface area contributed by atoms with Crippen molar-refractivity contribution in [3.05, 3.63) is 64.7 Å². The number of carbonyl (C=O) groups excluding carboxylic acids is 2. The van der Waals surface area contributed by atoms with E-state index in [2.05, 4.69) is 11.4 Å². The van der Waals surface area contributed by atoms with Gasteiger partial charge in [-0.15, -0.1) is 0 Å². The Hall–Kier alpha value is -2.62. The summed E-state index contributed by atoms with van der Waals surface area (Å²) >= 11 is 0. The maximum Gasteiger partial charge on any atom is 0.251 e. The van der Waals surface area contributed by atoms with Crippen molar-refractivity contribution in [2.75, 3.05) is 18.0 Å². The summed E-state index contributed by atoms with van der Waals surface area (Å²) < 4.78 is 0. The van der Waals surface area contributed by atoms with E-state index in [0.29, 0.717) is 18.7 Å². The van der Waals surface area contributed by atoms with Gasteiger partial charge in [0, 0.05) is 31.3 Å². The lowest BCUT2D eigenvalue weighted by molar-refractivity contribution is -0.116. The molecule has 4 heteroatoms. The molecule has 0 fully saturated rings. The number of hydrogen-bond acceptors (Lipinski definition) is 2. The minimum absolute atomic E-state index is 0.0372. The van der Waals surface area contributed by atoms with Gasteiger partial charge in [-0.3, -0.25) is 9.59 Å². The Morgan fingerprint density at radius 3 is 2.21 bits per heavy atom. The van der Waals surface area contributed by atoms with Gasteiger partial charge in [0.2, 0.25) is 5.91 Å². The maximum atomic E-state index is 12.2. The van der Waals surface area contributed by atoms with Crippen LogP contribution in [0.1, 0.15) is 34.0 Å². The molecule has 2 rings (SSSR count). The lowest BCUT2D eigenvalue weighted by Gasteiger charge is -2.22. The largest absolute Gasteiger partial charge is 0.350 e. The van der Waals surface area contributed by atoms with Crippen molar-refractivity contribution >= 4 is 17.5 Å². The first-order chi connectivity index (χ1) is 11.4. The Morgan fingerprint density at radius 1 is 0.958 bits per heavy atom. The van der Waals surface area contributed by atoms with Gasteiger partial charge in [-0.05, 0) is 56.2 Å². The molecule has 126 valence electrons. The molecule has 0 saturated heterocycles. The summed E-state index contributed by atoms with van der Waals surface area (Å²) in [5, 5.41) is 2.88. The average molecular weight is 324 g/mol. The second-order valence-corrected chi connectivity index (χ2v) is 6.14. The highest BCUT2D eigenvalue weighted by molar-refractivity contribution is 5.95. The van der Waals surface area contributed by atoms with Crippen molar-refractivity contribution in [2.45, 2.75) is 27.7 Å². The van der Waals surface area contributed by atoms with Gasteiger partial charge in [-0.25, -0.2) is 0 Å². The standard InChI is InChI=1S/C20H24N2O2/c1-14-6-5-7-18(11-14)20(24)21-8-9-22(17(4)23)19-12-15(2)10-16(3)13-19/h5-7,10-13H,8-9H2,1-4H3,(H,21,24). The van der Waals surface area contributed by atoms with Crippen LogP contribution in [-0.2, 0) is 4.79 Å². The molecule has 2 amide bonds. The van der Waals surface area contributed by atoms with E-state index in [0.717, 1.165) is 22.4 Å². The average Bonchev–Trinajstić information content (AvgIpc) is 2.49. The summed E-state index contributed by atoms with van der Waals surface area (Å²) in [6.07, 6.45) is 0. The highest BCUT2D eigenvalue weighted by atomic mass is 16.2. The van der Waals surface area contributed by atoms with Crippen LogP contribution in [0.25, 0.3) is 0 Å².